The van der Waals surface area contributed by atoms with Crippen molar-refractivity contribution in [3.8, 4) is 6.07 Å². The van der Waals surface area contributed by atoms with Crippen LogP contribution in [0.2, 0.25) is 0 Å². The zero-order valence-corrected chi connectivity index (χ0v) is 16.9. The van der Waals surface area contributed by atoms with Crippen LogP contribution in [0.15, 0.2) is 54.9 Å². The SMILES string of the molecule is CC(NC(=O)[C@H]1CN(c2ccc(C#N)c3ncccc23)C[C@@H](C)O1)c1ccccn1. The Morgan fingerprint density at radius 1 is 1.20 bits per heavy atom. The van der Waals surface area contributed by atoms with Crippen LogP contribution in [0.3, 0.4) is 0 Å². The summed E-state index contributed by atoms with van der Waals surface area (Å²) in [5.41, 5.74) is 2.95. The molecule has 1 fully saturated rings. The maximum Gasteiger partial charge on any atom is 0.251 e. The highest BCUT2D eigenvalue weighted by atomic mass is 16.5. The fraction of sp³-hybridized carbons (Fsp3) is 0.304. The Balaban J connectivity index is 1.56. The van der Waals surface area contributed by atoms with Gasteiger partial charge in [-0.15, -0.1) is 0 Å². The molecule has 1 N–H and O–H groups in total. The minimum absolute atomic E-state index is 0.123. The summed E-state index contributed by atoms with van der Waals surface area (Å²) in [6.45, 7) is 4.93. The molecule has 0 saturated carbocycles. The lowest BCUT2D eigenvalue weighted by Gasteiger charge is -2.38. The second-order valence-electron chi connectivity index (χ2n) is 7.47. The Bertz CT molecular complexity index is 1100. The molecule has 3 atom stereocenters. The first-order valence-corrected chi connectivity index (χ1v) is 9.96. The van der Waals surface area contributed by atoms with Crippen LogP contribution in [-0.2, 0) is 9.53 Å². The molecular formula is C23H23N5O2. The summed E-state index contributed by atoms with van der Waals surface area (Å²) in [4.78, 5) is 23.7. The second-order valence-corrected chi connectivity index (χ2v) is 7.47. The lowest BCUT2D eigenvalue weighted by atomic mass is 10.1. The molecule has 2 aromatic heterocycles. The maximum absolute atomic E-state index is 12.9. The summed E-state index contributed by atoms with van der Waals surface area (Å²) in [5.74, 6) is -0.166. The molecule has 1 aliphatic heterocycles. The van der Waals surface area contributed by atoms with Crippen LogP contribution in [0.25, 0.3) is 10.9 Å². The van der Waals surface area contributed by atoms with Gasteiger partial charge in [-0.05, 0) is 50.2 Å². The zero-order chi connectivity index (χ0) is 21.1. The average molecular weight is 401 g/mol. The molecule has 0 aliphatic carbocycles. The van der Waals surface area contributed by atoms with E-state index in [-0.39, 0.29) is 18.1 Å². The molecule has 30 heavy (non-hydrogen) atoms. The van der Waals surface area contributed by atoms with Crippen molar-refractivity contribution in [2.24, 2.45) is 0 Å². The molecule has 4 rings (SSSR count). The topological polar surface area (TPSA) is 91.1 Å². The van der Waals surface area contributed by atoms with Gasteiger partial charge in [-0.25, -0.2) is 0 Å². The Labute approximate surface area is 175 Å². The van der Waals surface area contributed by atoms with Gasteiger partial charge in [0.1, 0.15) is 6.07 Å². The first-order valence-electron chi connectivity index (χ1n) is 9.96. The largest absolute Gasteiger partial charge is 0.365 e. The van der Waals surface area contributed by atoms with Crippen LogP contribution in [0.5, 0.6) is 0 Å². The van der Waals surface area contributed by atoms with Gasteiger partial charge in [-0.3, -0.25) is 14.8 Å². The second kappa shape index (κ2) is 8.47. The lowest BCUT2D eigenvalue weighted by Crippen LogP contribution is -2.53. The predicted molar refractivity (Wildman–Crippen MR) is 114 cm³/mol. The molecule has 7 nitrogen and oxygen atoms in total. The van der Waals surface area contributed by atoms with Gasteiger partial charge in [0, 0.05) is 30.0 Å². The van der Waals surface area contributed by atoms with E-state index in [2.05, 4.69) is 26.3 Å². The number of nitrogens with one attached hydrogen (secondary N) is 1. The third-order valence-electron chi connectivity index (χ3n) is 5.25. The van der Waals surface area contributed by atoms with E-state index in [4.69, 9.17) is 4.74 Å². The van der Waals surface area contributed by atoms with E-state index >= 15 is 0 Å². The normalized spacial score (nSPS) is 19.8. The van der Waals surface area contributed by atoms with E-state index in [1.165, 1.54) is 0 Å². The third-order valence-corrected chi connectivity index (χ3v) is 5.25. The van der Waals surface area contributed by atoms with E-state index in [0.717, 1.165) is 16.8 Å². The van der Waals surface area contributed by atoms with Crippen molar-refractivity contribution in [1.82, 2.24) is 15.3 Å². The first kappa shape index (κ1) is 19.8. The zero-order valence-electron chi connectivity index (χ0n) is 16.9. The van der Waals surface area contributed by atoms with E-state index in [1.807, 2.05) is 50.2 Å². The smallest absolute Gasteiger partial charge is 0.251 e. The standard InChI is InChI=1S/C23H23N5O2/c1-15-13-28(20-9-8-17(12-24)22-18(20)6-5-11-26-22)14-21(30-15)23(29)27-16(2)19-7-3-4-10-25-19/h3-11,15-16,21H,13-14H2,1-2H3,(H,27,29)/t15-,16?,21-/m1/s1. The summed E-state index contributed by atoms with van der Waals surface area (Å²) in [7, 11) is 0. The number of pyridine rings is 2. The van der Waals surface area contributed by atoms with Gasteiger partial charge in [0.2, 0.25) is 0 Å². The van der Waals surface area contributed by atoms with Gasteiger partial charge in [-0.2, -0.15) is 5.26 Å². The number of carbonyl (C=O) groups is 1. The van der Waals surface area contributed by atoms with E-state index in [0.29, 0.717) is 24.2 Å². The highest BCUT2D eigenvalue weighted by Gasteiger charge is 2.32. The van der Waals surface area contributed by atoms with Crippen molar-refractivity contribution in [3.05, 3.63) is 66.1 Å². The van der Waals surface area contributed by atoms with E-state index in [9.17, 15) is 10.1 Å². The van der Waals surface area contributed by atoms with Crippen LogP contribution in [-0.4, -0.2) is 41.2 Å². The van der Waals surface area contributed by atoms with Gasteiger partial charge in [0.15, 0.2) is 6.10 Å². The minimum Gasteiger partial charge on any atom is -0.365 e. The summed E-state index contributed by atoms with van der Waals surface area (Å²) in [6, 6.07) is 15.1. The highest BCUT2D eigenvalue weighted by Crippen LogP contribution is 2.30. The number of morpholine rings is 1. The molecule has 1 aromatic carbocycles. The monoisotopic (exact) mass is 401 g/mol. The molecule has 1 unspecified atom stereocenters. The Kier molecular flexibility index (Phi) is 5.59. The van der Waals surface area contributed by atoms with Crippen molar-refractivity contribution in [1.29, 1.82) is 5.26 Å². The number of rotatable bonds is 4. The van der Waals surface area contributed by atoms with Crippen LogP contribution in [0.4, 0.5) is 5.69 Å². The lowest BCUT2D eigenvalue weighted by molar-refractivity contribution is -0.138. The van der Waals surface area contributed by atoms with Crippen molar-refractivity contribution in [3.63, 3.8) is 0 Å². The number of hydrogen-bond donors (Lipinski definition) is 1. The van der Waals surface area contributed by atoms with Crippen molar-refractivity contribution < 1.29 is 9.53 Å². The fourth-order valence-electron chi connectivity index (χ4n) is 3.83. The first-order chi connectivity index (χ1) is 14.6. The van der Waals surface area contributed by atoms with Gasteiger partial charge in [0.05, 0.1) is 35.5 Å². The number of amides is 1. The molecule has 0 radical (unpaired) electrons. The molecule has 152 valence electrons. The highest BCUT2D eigenvalue weighted by molar-refractivity contribution is 5.95. The van der Waals surface area contributed by atoms with Crippen molar-refractivity contribution >= 4 is 22.5 Å². The molecule has 7 heteroatoms. The maximum atomic E-state index is 12.9. The third kappa shape index (κ3) is 3.95. The van der Waals surface area contributed by atoms with Crippen molar-refractivity contribution in [2.45, 2.75) is 32.1 Å². The number of carbonyl (C=O) groups excluding carboxylic acids is 1. The summed E-state index contributed by atoms with van der Waals surface area (Å²) in [6.07, 6.45) is 2.66. The number of nitrogens with zero attached hydrogens (tertiary/aromatic N) is 4. The number of nitriles is 1. The quantitative estimate of drug-likeness (QED) is 0.723. The molecule has 1 saturated heterocycles. The molecule has 1 amide bonds. The average Bonchev–Trinajstić information content (AvgIpc) is 2.78. The van der Waals surface area contributed by atoms with Crippen LogP contribution in [0, 0.1) is 11.3 Å². The molecule has 1 aliphatic rings. The van der Waals surface area contributed by atoms with Crippen molar-refractivity contribution in [2.75, 3.05) is 18.0 Å². The number of anilines is 1. The van der Waals surface area contributed by atoms with Gasteiger partial charge in [0.25, 0.3) is 5.91 Å². The Morgan fingerprint density at radius 2 is 2.03 bits per heavy atom. The van der Waals surface area contributed by atoms with Crippen LogP contribution in [0.1, 0.15) is 31.1 Å². The number of benzene rings is 1. The van der Waals surface area contributed by atoms with Gasteiger partial charge < -0.3 is 15.0 Å². The van der Waals surface area contributed by atoms with E-state index < -0.39 is 6.10 Å². The molecular weight excluding hydrogens is 378 g/mol. The number of ether oxygens (including phenoxy) is 1. The number of fused-ring (bicyclic) bond motifs is 1. The summed E-state index contributed by atoms with van der Waals surface area (Å²) < 4.78 is 5.95. The summed E-state index contributed by atoms with van der Waals surface area (Å²) >= 11 is 0. The molecule has 0 spiro atoms. The molecule has 0 bridgehead atoms. The Morgan fingerprint density at radius 3 is 2.80 bits per heavy atom. The minimum atomic E-state index is -0.609. The molecule has 3 heterocycles. The fourth-order valence-corrected chi connectivity index (χ4v) is 3.83. The Hall–Kier alpha value is -3.50. The van der Waals surface area contributed by atoms with Crippen LogP contribution >= 0.6 is 0 Å². The number of aromatic nitrogens is 2. The van der Waals surface area contributed by atoms with Gasteiger partial charge in [-0.1, -0.05) is 6.07 Å². The number of hydrogen-bond acceptors (Lipinski definition) is 6. The van der Waals surface area contributed by atoms with E-state index in [1.54, 1.807) is 18.5 Å². The predicted octanol–water partition coefficient (Wildman–Crippen LogP) is 2.97. The molecule has 3 aromatic rings. The van der Waals surface area contributed by atoms with Crippen LogP contribution < -0.4 is 10.2 Å². The van der Waals surface area contributed by atoms with Gasteiger partial charge >= 0.3 is 0 Å². The summed E-state index contributed by atoms with van der Waals surface area (Å²) in [5, 5.41) is 13.3.